The second-order valence-corrected chi connectivity index (χ2v) is 5.54. The molecular formula is C15H23Cl2NO3. The summed E-state index contributed by atoms with van der Waals surface area (Å²) in [5.74, 6) is 0. The minimum Gasteiger partial charge on any atom is -0.387 e. The summed E-state index contributed by atoms with van der Waals surface area (Å²) in [5, 5.41) is 14.4. The van der Waals surface area contributed by atoms with E-state index in [1.807, 2.05) is 0 Å². The Morgan fingerprint density at radius 2 is 2.00 bits per heavy atom. The smallest absolute Gasteiger partial charge is 0.0929 e. The van der Waals surface area contributed by atoms with Crippen LogP contribution in [0.25, 0.3) is 0 Å². The second kappa shape index (κ2) is 11.2. The van der Waals surface area contributed by atoms with Gasteiger partial charge in [0.05, 0.1) is 19.3 Å². The van der Waals surface area contributed by atoms with Crippen LogP contribution < -0.4 is 5.32 Å². The largest absolute Gasteiger partial charge is 0.387 e. The summed E-state index contributed by atoms with van der Waals surface area (Å²) in [5.41, 5.74) is 0.652. The molecule has 6 heteroatoms. The summed E-state index contributed by atoms with van der Waals surface area (Å²) < 4.78 is 10.3. The van der Waals surface area contributed by atoms with Crippen molar-refractivity contribution in [3.05, 3.63) is 33.8 Å². The lowest BCUT2D eigenvalue weighted by Crippen LogP contribution is -2.23. The minimum absolute atomic E-state index is 0.449. The van der Waals surface area contributed by atoms with Crippen LogP contribution in [0.2, 0.25) is 10.0 Å². The van der Waals surface area contributed by atoms with Gasteiger partial charge in [0.1, 0.15) is 0 Å². The van der Waals surface area contributed by atoms with Crippen molar-refractivity contribution in [1.29, 1.82) is 0 Å². The van der Waals surface area contributed by atoms with Gasteiger partial charge in [0.2, 0.25) is 0 Å². The molecule has 1 aromatic rings. The zero-order chi connectivity index (χ0) is 15.5. The van der Waals surface area contributed by atoms with Gasteiger partial charge >= 0.3 is 0 Å². The van der Waals surface area contributed by atoms with Crippen LogP contribution in [0, 0.1) is 0 Å². The van der Waals surface area contributed by atoms with Crippen LogP contribution in [0.3, 0.4) is 0 Å². The normalized spacial score (nSPS) is 12.6. The number of methoxy groups -OCH3 is 1. The topological polar surface area (TPSA) is 50.7 Å². The van der Waals surface area contributed by atoms with E-state index in [1.54, 1.807) is 25.3 Å². The molecule has 0 bridgehead atoms. The number of nitrogens with one attached hydrogen (secondary N) is 1. The molecule has 1 unspecified atom stereocenters. The summed E-state index contributed by atoms with van der Waals surface area (Å²) >= 11 is 11.9. The van der Waals surface area contributed by atoms with Crippen molar-refractivity contribution in [2.24, 2.45) is 0 Å². The van der Waals surface area contributed by atoms with E-state index in [1.165, 1.54) is 0 Å². The lowest BCUT2D eigenvalue weighted by Gasteiger charge is -2.14. The molecule has 4 nitrogen and oxygen atoms in total. The van der Waals surface area contributed by atoms with Gasteiger partial charge < -0.3 is 19.9 Å². The van der Waals surface area contributed by atoms with Gasteiger partial charge in [-0.05, 0) is 37.6 Å². The van der Waals surface area contributed by atoms with E-state index in [-0.39, 0.29) is 0 Å². The predicted octanol–water partition coefficient (Wildman–Crippen LogP) is 3.06. The van der Waals surface area contributed by atoms with Gasteiger partial charge in [-0.25, -0.2) is 0 Å². The van der Waals surface area contributed by atoms with Crippen LogP contribution in [0.4, 0.5) is 0 Å². The fraction of sp³-hybridized carbons (Fsp3) is 0.600. The maximum atomic E-state index is 10.1. The first-order chi connectivity index (χ1) is 10.1. The summed E-state index contributed by atoms with van der Waals surface area (Å²) in [4.78, 5) is 0. The molecule has 0 saturated heterocycles. The van der Waals surface area contributed by atoms with E-state index < -0.39 is 6.10 Å². The zero-order valence-electron chi connectivity index (χ0n) is 12.3. The van der Waals surface area contributed by atoms with Crippen LogP contribution in [-0.2, 0) is 9.47 Å². The van der Waals surface area contributed by atoms with Gasteiger partial charge in [-0.2, -0.15) is 0 Å². The molecule has 0 fully saturated rings. The summed E-state index contributed by atoms with van der Waals surface area (Å²) in [6.07, 6.45) is 1.31. The van der Waals surface area contributed by atoms with Crippen molar-refractivity contribution in [3.8, 4) is 0 Å². The molecule has 0 aliphatic heterocycles. The van der Waals surface area contributed by atoms with Crippen LogP contribution in [0.15, 0.2) is 18.2 Å². The molecule has 0 saturated carbocycles. The first-order valence-electron chi connectivity index (χ1n) is 7.05. The maximum Gasteiger partial charge on any atom is 0.0929 e. The number of hydrogen-bond acceptors (Lipinski definition) is 4. The molecule has 0 amide bonds. The molecule has 0 spiro atoms. The highest BCUT2D eigenvalue weighted by Crippen LogP contribution is 2.25. The van der Waals surface area contributed by atoms with Crippen LogP contribution >= 0.6 is 23.2 Å². The third-order valence-corrected chi connectivity index (χ3v) is 3.56. The molecular weight excluding hydrogens is 313 g/mol. The van der Waals surface area contributed by atoms with Crippen LogP contribution in [-0.4, -0.2) is 45.1 Å². The van der Waals surface area contributed by atoms with Crippen molar-refractivity contribution in [2.75, 3.05) is 40.0 Å². The number of hydrogen-bond donors (Lipinski definition) is 2. The van der Waals surface area contributed by atoms with Gasteiger partial charge in [-0.1, -0.05) is 23.2 Å². The number of aliphatic hydroxyl groups is 1. The quantitative estimate of drug-likeness (QED) is 0.610. The van der Waals surface area contributed by atoms with E-state index in [9.17, 15) is 5.11 Å². The first-order valence-corrected chi connectivity index (χ1v) is 7.81. The highest BCUT2D eigenvalue weighted by Gasteiger charge is 2.11. The number of ether oxygens (including phenoxy) is 2. The average Bonchev–Trinajstić information content (AvgIpc) is 2.48. The summed E-state index contributed by atoms with van der Waals surface area (Å²) in [6, 6.07) is 5.09. The van der Waals surface area contributed by atoms with Crippen LogP contribution in [0.5, 0.6) is 0 Å². The monoisotopic (exact) mass is 335 g/mol. The molecule has 21 heavy (non-hydrogen) atoms. The average molecular weight is 336 g/mol. The van der Waals surface area contributed by atoms with Crippen molar-refractivity contribution >= 4 is 23.2 Å². The Labute approximate surface area is 136 Å². The molecule has 2 N–H and O–H groups in total. The minimum atomic E-state index is -0.658. The third-order valence-electron chi connectivity index (χ3n) is 2.98. The van der Waals surface area contributed by atoms with Crippen LogP contribution in [0.1, 0.15) is 24.5 Å². The molecule has 1 rings (SSSR count). The van der Waals surface area contributed by atoms with Crippen molar-refractivity contribution in [3.63, 3.8) is 0 Å². The van der Waals surface area contributed by atoms with Gasteiger partial charge in [0, 0.05) is 35.9 Å². The zero-order valence-corrected chi connectivity index (χ0v) is 13.8. The Morgan fingerprint density at radius 3 is 2.76 bits per heavy atom. The standard InChI is InChI=1S/C15H23Cl2NO3/c1-20-8-9-21-7-3-2-6-18-11-15(19)13-10-12(16)4-5-14(13)17/h4-5,10,15,18-19H,2-3,6-9,11H2,1H3. The van der Waals surface area contributed by atoms with Crippen molar-refractivity contribution in [2.45, 2.75) is 18.9 Å². The Balaban J connectivity index is 2.11. The first kappa shape index (κ1) is 18.7. The molecule has 0 aliphatic carbocycles. The molecule has 1 aromatic carbocycles. The summed E-state index contributed by atoms with van der Waals surface area (Å²) in [6.45, 7) is 3.27. The van der Waals surface area contributed by atoms with Gasteiger partial charge in [0.15, 0.2) is 0 Å². The number of halogens is 2. The maximum absolute atomic E-state index is 10.1. The molecule has 0 heterocycles. The summed E-state index contributed by atoms with van der Waals surface area (Å²) in [7, 11) is 1.66. The number of rotatable bonds is 11. The van der Waals surface area contributed by atoms with E-state index in [4.69, 9.17) is 32.7 Å². The molecule has 0 aliphatic rings. The molecule has 0 radical (unpaired) electrons. The molecule has 1 atom stereocenters. The molecule has 0 aromatic heterocycles. The highest BCUT2D eigenvalue weighted by molar-refractivity contribution is 6.33. The highest BCUT2D eigenvalue weighted by atomic mass is 35.5. The molecule has 120 valence electrons. The van der Waals surface area contributed by atoms with E-state index in [2.05, 4.69) is 5.32 Å². The van der Waals surface area contributed by atoms with Gasteiger partial charge in [-0.15, -0.1) is 0 Å². The Kier molecular flexibility index (Phi) is 10.0. The number of aliphatic hydroxyl groups excluding tert-OH is 1. The van der Waals surface area contributed by atoms with Crippen molar-refractivity contribution in [1.82, 2.24) is 5.32 Å². The Morgan fingerprint density at radius 1 is 1.19 bits per heavy atom. The fourth-order valence-electron chi connectivity index (χ4n) is 1.82. The van der Waals surface area contributed by atoms with Gasteiger partial charge in [-0.3, -0.25) is 0 Å². The lowest BCUT2D eigenvalue weighted by molar-refractivity contribution is 0.0687. The SMILES string of the molecule is COCCOCCCCNCC(O)c1cc(Cl)ccc1Cl. The Hall–Kier alpha value is -0.360. The van der Waals surface area contributed by atoms with E-state index >= 15 is 0 Å². The third kappa shape index (κ3) is 8.00. The number of benzene rings is 1. The Bertz CT molecular complexity index is 405. The van der Waals surface area contributed by atoms with E-state index in [0.29, 0.717) is 35.4 Å². The lowest BCUT2D eigenvalue weighted by atomic mass is 10.1. The fourth-order valence-corrected chi connectivity index (χ4v) is 2.24. The number of unbranched alkanes of at least 4 members (excludes halogenated alkanes) is 1. The predicted molar refractivity (Wildman–Crippen MR) is 86.2 cm³/mol. The van der Waals surface area contributed by atoms with Crippen molar-refractivity contribution < 1.29 is 14.6 Å². The van der Waals surface area contributed by atoms with Gasteiger partial charge in [0.25, 0.3) is 0 Å². The second-order valence-electron chi connectivity index (χ2n) is 4.70. The van der Waals surface area contributed by atoms with E-state index in [0.717, 1.165) is 26.0 Å².